The van der Waals surface area contributed by atoms with Crippen LogP contribution in [0.1, 0.15) is 53.0 Å². The maximum Gasteiger partial charge on any atom is 0.0102 e. The molecule has 0 fully saturated rings. The van der Waals surface area contributed by atoms with Crippen LogP contribution in [-0.4, -0.2) is 13.6 Å². The van der Waals surface area contributed by atoms with Gasteiger partial charge in [-0.05, 0) is 74.9 Å². The Hall–Kier alpha value is -1.60. The highest BCUT2D eigenvalue weighted by molar-refractivity contribution is 5.40. The van der Waals surface area contributed by atoms with Crippen LogP contribution >= 0.6 is 0 Å². The van der Waals surface area contributed by atoms with E-state index < -0.39 is 0 Å². The molecule has 0 amide bonds. The molecule has 2 aromatic rings. The molecule has 22 heavy (non-hydrogen) atoms. The third kappa shape index (κ3) is 3.41. The van der Waals surface area contributed by atoms with Crippen LogP contribution in [0.25, 0.3) is 0 Å². The van der Waals surface area contributed by atoms with Gasteiger partial charge in [0.2, 0.25) is 0 Å². The highest BCUT2D eigenvalue weighted by Gasteiger charge is 2.17. The van der Waals surface area contributed by atoms with Gasteiger partial charge in [0, 0.05) is 5.92 Å². The summed E-state index contributed by atoms with van der Waals surface area (Å²) in [7, 11) is 2.04. The number of nitrogens with one attached hydrogen (secondary N) is 1. The van der Waals surface area contributed by atoms with Crippen LogP contribution in [0.3, 0.4) is 0 Å². The zero-order valence-electron chi connectivity index (χ0n) is 13.9. The van der Waals surface area contributed by atoms with Crippen LogP contribution in [0.5, 0.6) is 0 Å². The molecule has 1 nitrogen and oxygen atoms in total. The van der Waals surface area contributed by atoms with Crippen molar-refractivity contribution < 1.29 is 0 Å². The van der Waals surface area contributed by atoms with Crippen molar-refractivity contribution in [3.8, 4) is 0 Å². The van der Waals surface area contributed by atoms with Gasteiger partial charge < -0.3 is 5.32 Å². The maximum atomic E-state index is 3.31. The molecule has 0 saturated carbocycles. The van der Waals surface area contributed by atoms with Crippen molar-refractivity contribution in [3.05, 3.63) is 70.3 Å². The maximum absolute atomic E-state index is 3.31. The van der Waals surface area contributed by atoms with Crippen molar-refractivity contribution in [2.45, 2.75) is 44.9 Å². The van der Waals surface area contributed by atoms with Crippen LogP contribution in [0, 0.1) is 6.92 Å². The van der Waals surface area contributed by atoms with Gasteiger partial charge in [-0.3, -0.25) is 0 Å². The Kier molecular flexibility index (Phi) is 4.94. The van der Waals surface area contributed by atoms with Gasteiger partial charge in [-0.15, -0.1) is 0 Å². The van der Waals surface area contributed by atoms with Gasteiger partial charge in [-0.25, -0.2) is 0 Å². The second-order valence-electron chi connectivity index (χ2n) is 6.59. The first-order valence-electron chi connectivity index (χ1n) is 8.61. The molecule has 0 saturated heterocycles. The summed E-state index contributed by atoms with van der Waals surface area (Å²) in [5.41, 5.74) is 7.45. The average molecular weight is 293 g/mol. The van der Waals surface area contributed by atoms with E-state index in [-0.39, 0.29) is 0 Å². The van der Waals surface area contributed by atoms with E-state index in [2.05, 4.69) is 54.7 Å². The molecule has 1 N–H and O–H groups in total. The predicted molar refractivity (Wildman–Crippen MR) is 94.6 cm³/mol. The van der Waals surface area contributed by atoms with E-state index in [1.807, 2.05) is 7.05 Å². The fourth-order valence-corrected chi connectivity index (χ4v) is 3.67. The second kappa shape index (κ2) is 7.11. The smallest absolute Gasteiger partial charge is 0.0102 e. The van der Waals surface area contributed by atoms with Gasteiger partial charge in [0.05, 0.1) is 0 Å². The van der Waals surface area contributed by atoms with Crippen LogP contribution in [0.4, 0.5) is 0 Å². The summed E-state index contributed by atoms with van der Waals surface area (Å²) in [4.78, 5) is 0. The summed E-state index contributed by atoms with van der Waals surface area (Å²) in [6, 6.07) is 16.2. The first-order chi connectivity index (χ1) is 10.8. The molecule has 1 atom stereocenters. The fraction of sp³-hybridized carbons (Fsp3) is 0.429. The van der Waals surface area contributed by atoms with Crippen molar-refractivity contribution in [1.29, 1.82) is 0 Å². The first kappa shape index (κ1) is 15.3. The standard InChI is InChI=1S/C21H27N/c1-16-6-5-9-19(14-16)21(12-13-22-2)20-11-10-17-7-3-4-8-18(17)15-20/h5-6,9-11,14-15,21-22H,3-4,7-8,12-13H2,1-2H3. The van der Waals surface area contributed by atoms with Crippen molar-refractivity contribution in [3.63, 3.8) is 0 Å². The minimum atomic E-state index is 0.500. The quantitative estimate of drug-likeness (QED) is 0.848. The highest BCUT2D eigenvalue weighted by atomic mass is 14.8. The number of rotatable bonds is 5. The summed E-state index contributed by atoms with van der Waals surface area (Å²) in [6.45, 7) is 3.24. The summed E-state index contributed by atoms with van der Waals surface area (Å²) < 4.78 is 0. The Labute approximate surface area is 134 Å². The van der Waals surface area contributed by atoms with E-state index in [0.717, 1.165) is 13.0 Å². The monoisotopic (exact) mass is 293 g/mol. The molecule has 0 heterocycles. The highest BCUT2D eigenvalue weighted by Crippen LogP contribution is 2.31. The molecule has 1 unspecified atom stereocenters. The number of fused-ring (bicyclic) bond motifs is 1. The zero-order valence-corrected chi connectivity index (χ0v) is 13.9. The van der Waals surface area contributed by atoms with E-state index >= 15 is 0 Å². The molecule has 0 bridgehead atoms. The number of benzene rings is 2. The van der Waals surface area contributed by atoms with Crippen molar-refractivity contribution in [1.82, 2.24) is 5.32 Å². The van der Waals surface area contributed by atoms with E-state index in [0.29, 0.717) is 5.92 Å². The van der Waals surface area contributed by atoms with E-state index in [1.54, 1.807) is 11.1 Å². The Balaban J connectivity index is 1.95. The van der Waals surface area contributed by atoms with Gasteiger partial charge in [-0.2, -0.15) is 0 Å². The van der Waals surface area contributed by atoms with Gasteiger partial charge in [0.25, 0.3) is 0 Å². The van der Waals surface area contributed by atoms with E-state index in [1.165, 1.54) is 42.4 Å². The van der Waals surface area contributed by atoms with Crippen molar-refractivity contribution >= 4 is 0 Å². The second-order valence-corrected chi connectivity index (χ2v) is 6.59. The van der Waals surface area contributed by atoms with Gasteiger partial charge in [-0.1, -0.05) is 48.0 Å². The Morgan fingerprint density at radius 1 is 0.955 bits per heavy atom. The number of hydrogen-bond donors (Lipinski definition) is 1. The Bertz CT molecular complexity index is 630. The summed E-state index contributed by atoms with van der Waals surface area (Å²) in [5.74, 6) is 0.500. The van der Waals surface area contributed by atoms with Gasteiger partial charge in [0.15, 0.2) is 0 Å². The third-order valence-corrected chi connectivity index (χ3v) is 4.90. The molecule has 1 aliphatic rings. The average Bonchev–Trinajstić information content (AvgIpc) is 2.55. The molecule has 0 spiro atoms. The summed E-state index contributed by atoms with van der Waals surface area (Å²) >= 11 is 0. The largest absolute Gasteiger partial charge is 0.320 e. The molecular weight excluding hydrogens is 266 g/mol. The molecule has 1 heteroatoms. The summed E-state index contributed by atoms with van der Waals surface area (Å²) in [5, 5.41) is 3.31. The molecule has 0 aliphatic heterocycles. The van der Waals surface area contributed by atoms with E-state index in [9.17, 15) is 0 Å². The molecule has 2 aromatic carbocycles. The third-order valence-electron chi connectivity index (χ3n) is 4.90. The molecule has 3 rings (SSSR count). The predicted octanol–water partition coefficient (Wildman–Crippen LogP) is 4.62. The van der Waals surface area contributed by atoms with Crippen LogP contribution in [-0.2, 0) is 12.8 Å². The topological polar surface area (TPSA) is 12.0 Å². The Morgan fingerprint density at radius 2 is 1.73 bits per heavy atom. The Morgan fingerprint density at radius 3 is 2.50 bits per heavy atom. The van der Waals surface area contributed by atoms with Crippen LogP contribution < -0.4 is 5.32 Å². The minimum absolute atomic E-state index is 0.500. The lowest BCUT2D eigenvalue weighted by molar-refractivity contribution is 0.653. The zero-order chi connectivity index (χ0) is 15.4. The summed E-state index contributed by atoms with van der Waals surface area (Å²) in [6.07, 6.45) is 6.38. The molecular formula is C21H27N. The molecule has 0 aromatic heterocycles. The lowest BCUT2D eigenvalue weighted by Gasteiger charge is -2.22. The normalized spacial score (nSPS) is 15.4. The molecule has 0 radical (unpaired) electrons. The SMILES string of the molecule is CNCCC(c1cccc(C)c1)c1ccc2c(c1)CCCC2. The van der Waals surface area contributed by atoms with Crippen molar-refractivity contribution in [2.24, 2.45) is 0 Å². The fourth-order valence-electron chi connectivity index (χ4n) is 3.67. The van der Waals surface area contributed by atoms with Gasteiger partial charge in [0.1, 0.15) is 0 Å². The lowest BCUT2D eigenvalue weighted by atomic mass is 9.83. The van der Waals surface area contributed by atoms with E-state index in [4.69, 9.17) is 0 Å². The molecule has 1 aliphatic carbocycles. The number of aryl methyl sites for hydroxylation is 3. The minimum Gasteiger partial charge on any atom is -0.320 e. The lowest BCUT2D eigenvalue weighted by Crippen LogP contribution is -2.14. The molecule has 116 valence electrons. The van der Waals surface area contributed by atoms with Crippen LogP contribution in [0.2, 0.25) is 0 Å². The number of hydrogen-bond acceptors (Lipinski definition) is 1. The first-order valence-corrected chi connectivity index (χ1v) is 8.61. The van der Waals surface area contributed by atoms with Gasteiger partial charge >= 0.3 is 0 Å². The van der Waals surface area contributed by atoms with Crippen LogP contribution in [0.15, 0.2) is 42.5 Å². The van der Waals surface area contributed by atoms with Crippen molar-refractivity contribution in [2.75, 3.05) is 13.6 Å².